The maximum absolute atomic E-state index is 13.4. The fraction of sp³-hybridized carbons (Fsp3) is 0.429. The quantitative estimate of drug-likeness (QED) is 0.669. The van der Waals surface area contributed by atoms with Gasteiger partial charge in [-0.25, -0.2) is 9.82 Å². The first kappa shape index (κ1) is 14.0. The molecule has 1 aromatic rings. The number of halogens is 2. The summed E-state index contributed by atoms with van der Waals surface area (Å²) in [5.74, 6) is -0.520. The summed E-state index contributed by atoms with van der Waals surface area (Å²) in [6.07, 6.45) is 6.42. The summed E-state index contributed by atoms with van der Waals surface area (Å²) in [7, 11) is 0. The molecule has 0 radical (unpaired) electrons. The molecule has 1 amide bonds. The molecule has 1 aliphatic carbocycles. The minimum absolute atomic E-state index is 0.0296. The van der Waals surface area contributed by atoms with Crippen LogP contribution in [0.5, 0.6) is 0 Å². The highest BCUT2D eigenvalue weighted by molar-refractivity contribution is 6.33. The van der Waals surface area contributed by atoms with E-state index in [4.69, 9.17) is 11.6 Å². The average molecular weight is 283 g/mol. The van der Waals surface area contributed by atoms with Gasteiger partial charge in [-0.3, -0.25) is 4.79 Å². The van der Waals surface area contributed by atoms with E-state index in [-0.39, 0.29) is 22.4 Å². The molecular formula is C14H16ClFN2O. The minimum Gasteiger partial charge on any atom is -0.273 e. The molecule has 102 valence electrons. The lowest BCUT2D eigenvalue weighted by molar-refractivity contribution is -0.125. The Morgan fingerprint density at radius 2 is 2.11 bits per heavy atom. The Labute approximate surface area is 116 Å². The molecule has 1 saturated carbocycles. The molecule has 2 rings (SSSR count). The van der Waals surface area contributed by atoms with Crippen molar-refractivity contribution in [2.45, 2.75) is 32.1 Å². The molecule has 1 aromatic carbocycles. The van der Waals surface area contributed by atoms with E-state index < -0.39 is 5.82 Å². The monoisotopic (exact) mass is 282 g/mol. The van der Waals surface area contributed by atoms with Gasteiger partial charge in [0, 0.05) is 11.5 Å². The maximum atomic E-state index is 13.4. The molecule has 0 aromatic heterocycles. The van der Waals surface area contributed by atoms with Crippen LogP contribution in [0.25, 0.3) is 0 Å². The van der Waals surface area contributed by atoms with Crippen molar-refractivity contribution in [3.8, 4) is 0 Å². The zero-order valence-electron chi connectivity index (χ0n) is 10.5. The Hall–Kier alpha value is -1.42. The number of hydrogen-bond donors (Lipinski definition) is 1. The fourth-order valence-electron chi connectivity index (χ4n) is 2.25. The standard InChI is InChI=1S/C14H16ClFN2O/c15-12-7-4-8-13(16)11(12)9-17-18-14(19)10-5-2-1-3-6-10/h4,7-10H,1-3,5-6H2,(H,18,19). The Morgan fingerprint density at radius 1 is 1.37 bits per heavy atom. The number of nitrogens with one attached hydrogen (secondary N) is 1. The third kappa shape index (κ3) is 3.77. The number of rotatable bonds is 3. The van der Waals surface area contributed by atoms with Gasteiger partial charge in [-0.2, -0.15) is 5.10 Å². The van der Waals surface area contributed by atoms with Gasteiger partial charge in [-0.1, -0.05) is 36.9 Å². The molecular weight excluding hydrogens is 267 g/mol. The zero-order chi connectivity index (χ0) is 13.7. The van der Waals surface area contributed by atoms with Crippen molar-refractivity contribution in [1.29, 1.82) is 0 Å². The lowest BCUT2D eigenvalue weighted by Crippen LogP contribution is -2.28. The second-order valence-corrected chi connectivity index (χ2v) is 5.11. The molecule has 0 spiro atoms. The summed E-state index contributed by atoms with van der Waals surface area (Å²) >= 11 is 5.85. The number of amides is 1. The van der Waals surface area contributed by atoms with Crippen molar-refractivity contribution in [1.82, 2.24) is 5.43 Å². The highest BCUT2D eigenvalue weighted by Gasteiger charge is 2.20. The lowest BCUT2D eigenvalue weighted by Gasteiger charge is -2.19. The summed E-state index contributed by atoms with van der Waals surface area (Å²) in [4.78, 5) is 11.8. The van der Waals surface area contributed by atoms with Crippen molar-refractivity contribution in [3.63, 3.8) is 0 Å². The van der Waals surface area contributed by atoms with E-state index in [1.165, 1.54) is 24.8 Å². The molecule has 0 bridgehead atoms. The predicted octanol–water partition coefficient (Wildman–Crippen LogP) is 3.51. The first-order chi connectivity index (χ1) is 9.18. The molecule has 1 N–H and O–H groups in total. The van der Waals surface area contributed by atoms with Crippen molar-refractivity contribution in [2.75, 3.05) is 0 Å². The second-order valence-electron chi connectivity index (χ2n) is 4.70. The minimum atomic E-state index is -0.455. The Kier molecular flexibility index (Phi) is 4.91. The van der Waals surface area contributed by atoms with E-state index in [1.54, 1.807) is 6.07 Å². The van der Waals surface area contributed by atoms with Gasteiger partial charge in [0.1, 0.15) is 5.82 Å². The summed E-state index contributed by atoms with van der Waals surface area (Å²) in [5, 5.41) is 4.06. The van der Waals surface area contributed by atoms with Gasteiger partial charge in [0.25, 0.3) is 0 Å². The molecule has 5 heteroatoms. The first-order valence-corrected chi connectivity index (χ1v) is 6.83. The van der Waals surface area contributed by atoms with Crippen LogP contribution in [0.15, 0.2) is 23.3 Å². The number of carbonyl (C=O) groups is 1. The number of hydrogen-bond acceptors (Lipinski definition) is 2. The van der Waals surface area contributed by atoms with Crippen molar-refractivity contribution in [2.24, 2.45) is 11.0 Å². The summed E-state index contributed by atoms with van der Waals surface area (Å²) in [6.45, 7) is 0. The number of benzene rings is 1. The van der Waals surface area contributed by atoms with Crippen LogP contribution >= 0.6 is 11.6 Å². The molecule has 0 atom stereocenters. The predicted molar refractivity (Wildman–Crippen MR) is 73.7 cm³/mol. The molecule has 0 saturated heterocycles. The van der Waals surface area contributed by atoms with Crippen molar-refractivity contribution >= 4 is 23.7 Å². The van der Waals surface area contributed by atoms with Gasteiger partial charge in [0.15, 0.2) is 0 Å². The number of carbonyl (C=O) groups excluding carboxylic acids is 1. The van der Waals surface area contributed by atoms with Crippen LogP contribution in [-0.2, 0) is 4.79 Å². The van der Waals surface area contributed by atoms with E-state index in [0.717, 1.165) is 25.7 Å². The van der Waals surface area contributed by atoms with Crippen LogP contribution in [0, 0.1) is 11.7 Å². The van der Waals surface area contributed by atoms with Crippen molar-refractivity contribution in [3.05, 3.63) is 34.6 Å². The van der Waals surface area contributed by atoms with Gasteiger partial charge in [-0.15, -0.1) is 0 Å². The normalized spacial score (nSPS) is 16.7. The van der Waals surface area contributed by atoms with E-state index in [0.29, 0.717) is 0 Å². The van der Waals surface area contributed by atoms with E-state index in [9.17, 15) is 9.18 Å². The first-order valence-electron chi connectivity index (χ1n) is 6.45. The Bertz CT molecular complexity index is 464. The van der Waals surface area contributed by atoms with Gasteiger partial charge in [0.2, 0.25) is 5.91 Å². The van der Waals surface area contributed by atoms with E-state index in [1.807, 2.05) is 0 Å². The van der Waals surface area contributed by atoms with Crippen LogP contribution in [0.4, 0.5) is 4.39 Å². The van der Waals surface area contributed by atoms with Crippen LogP contribution < -0.4 is 5.43 Å². The van der Waals surface area contributed by atoms with Crippen molar-refractivity contribution < 1.29 is 9.18 Å². The highest BCUT2D eigenvalue weighted by Crippen LogP contribution is 2.23. The molecule has 0 heterocycles. The van der Waals surface area contributed by atoms with Gasteiger partial charge in [0.05, 0.1) is 11.2 Å². The van der Waals surface area contributed by atoms with Crippen LogP contribution in [0.1, 0.15) is 37.7 Å². The van der Waals surface area contributed by atoms with Gasteiger partial charge < -0.3 is 0 Å². The smallest absolute Gasteiger partial charge is 0.243 e. The number of nitrogens with zero attached hydrogens (tertiary/aromatic N) is 1. The largest absolute Gasteiger partial charge is 0.273 e. The summed E-state index contributed by atoms with van der Waals surface area (Å²) in [6, 6.07) is 4.40. The zero-order valence-corrected chi connectivity index (χ0v) is 11.3. The summed E-state index contributed by atoms with van der Waals surface area (Å²) in [5.41, 5.74) is 2.65. The second kappa shape index (κ2) is 6.66. The third-order valence-electron chi connectivity index (χ3n) is 3.34. The number of hydrazone groups is 1. The van der Waals surface area contributed by atoms with E-state index >= 15 is 0 Å². The van der Waals surface area contributed by atoms with Crippen LogP contribution in [0.3, 0.4) is 0 Å². The average Bonchev–Trinajstić information content (AvgIpc) is 2.43. The van der Waals surface area contributed by atoms with Crippen LogP contribution in [0.2, 0.25) is 5.02 Å². The maximum Gasteiger partial charge on any atom is 0.243 e. The Morgan fingerprint density at radius 3 is 2.79 bits per heavy atom. The highest BCUT2D eigenvalue weighted by atomic mass is 35.5. The SMILES string of the molecule is O=C(NN=Cc1c(F)cccc1Cl)C1CCCCC1. The molecule has 0 aliphatic heterocycles. The molecule has 1 fully saturated rings. The molecule has 3 nitrogen and oxygen atoms in total. The fourth-order valence-corrected chi connectivity index (χ4v) is 2.46. The van der Waals surface area contributed by atoms with Gasteiger partial charge in [-0.05, 0) is 25.0 Å². The molecule has 1 aliphatic rings. The topological polar surface area (TPSA) is 41.5 Å². The Balaban J connectivity index is 1.94. The van der Waals surface area contributed by atoms with Crippen LogP contribution in [-0.4, -0.2) is 12.1 Å². The van der Waals surface area contributed by atoms with E-state index in [2.05, 4.69) is 10.5 Å². The van der Waals surface area contributed by atoms with Gasteiger partial charge >= 0.3 is 0 Å². The molecule has 19 heavy (non-hydrogen) atoms. The third-order valence-corrected chi connectivity index (χ3v) is 3.67. The lowest BCUT2D eigenvalue weighted by atomic mass is 9.89. The summed E-state index contributed by atoms with van der Waals surface area (Å²) < 4.78 is 13.4. The molecule has 0 unspecified atom stereocenters.